The molecule has 1 amide bonds. The minimum atomic E-state index is -0.883. The van der Waals surface area contributed by atoms with Gasteiger partial charge in [0.2, 0.25) is 0 Å². The topological polar surface area (TPSA) is 59.9 Å². The lowest BCUT2D eigenvalue weighted by molar-refractivity contribution is -0.123. The highest BCUT2D eigenvalue weighted by molar-refractivity contribution is 6.30. The quantitative estimate of drug-likeness (QED) is 0.387. The Hall–Kier alpha value is -3.45. The van der Waals surface area contributed by atoms with Crippen LogP contribution in [0.3, 0.4) is 0 Å². The second-order valence-electron chi connectivity index (χ2n) is 6.54. The number of amides is 1. The third-order valence-electron chi connectivity index (χ3n) is 4.19. The average molecular weight is 445 g/mol. The molecule has 31 heavy (non-hydrogen) atoms. The highest BCUT2D eigenvalue weighted by atomic mass is 35.5. The van der Waals surface area contributed by atoms with Crippen molar-refractivity contribution < 1.29 is 23.0 Å². The van der Waals surface area contributed by atoms with Gasteiger partial charge in [-0.15, -0.1) is 0 Å². The fraction of sp³-hybridized carbons (Fsp3) is 0.130. The van der Waals surface area contributed by atoms with E-state index in [2.05, 4.69) is 10.5 Å². The molecule has 3 aromatic carbocycles. The van der Waals surface area contributed by atoms with Crippen molar-refractivity contribution in [1.29, 1.82) is 0 Å². The van der Waals surface area contributed by atoms with Crippen molar-refractivity contribution in [2.45, 2.75) is 13.5 Å². The van der Waals surface area contributed by atoms with Crippen LogP contribution in [-0.4, -0.2) is 18.2 Å². The molecule has 0 radical (unpaired) electrons. The molecule has 3 aromatic rings. The first-order valence-corrected chi connectivity index (χ1v) is 9.67. The van der Waals surface area contributed by atoms with E-state index in [1.807, 2.05) is 24.3 Å². The lowest BCUT2D eigenvalue weighted by Crippen LogP contribution is -2.25. The fourth-order valence-corrected chi connectivity index (χ4v) is 2.64. The fourth-order valence-electron chi connectivity index (χ4n) is 2.52. The molecule has 0 aliphatic carbocycles. The first-order chi connectivity index (χ1) is 14.9. The predicted molar refractivity (Wildman–Crippen MR) is 114 cm³/mol. The molecular formula is C23H19ClF2N2O3. The Balaban J connectivity index is 1.48. The zero-order valence-corrected chi connectivity index (χ0v) is 17.3. The van der Waals surface area contributed by atoms with Crippen molar-refractivity contribution in [3.63, 3.8) is 0 Å². The summed E-state index contributed by atoms with van der Waals surface area (Å²) in [6.45, 7) is 1.68. The molecule has 0 heterocycles. The van der Waals surface area contributed by atoms with Crippen molar-refractivity contribution in [1.82, 2.24) is 5.43 Å². The average Bonchev–Trinajstić information content (AvgIpc) is 2.77. The van der Waals surface area contributed by atoms with Gasteiger partial charge in [-0.2, -0.15) is 5.10 Å². The number of carbonyl (C=O) groups excluding carboxylic acids is 1. The Morgan fingerprint density at radius 2 is 1.71 bits per heavy atom. The van der Waals surface area contributed by atoms with Crippen LogP contribution in [0.4, 0.5) is 8.78 Å². The van der Waals surface area contributed by atoms with Gasteiger partial charge < -0.3 is 9.47 Å². The van der Waals surface area contributed by atoms with E-state index in [1.54, 1.807) is 31.2 Å². The molecular weight excluding hydrogens is 426 g/mol. The van der Waals surface area contributed by atoms with Crippen molar-refractivity contribution in [2.75, 3.05) is 6.61 Å². The number of hydrazone groups is 1. The molecule has 3 rings (SSSR count). The Kier molecular flexibility index (Phi) is 7.56. The molecule has 0 spiro atoms. The van der Waals surface area contributed by atoms with Crippen LogP contribution < -0.4 is 14.9 Å². The van der Waals surface area contributed by atoms with Gasteiger partial charge >= 0.3 is 0 Å². The molecule has 0 aliphatic rings. The van der Waals surface area contributed by atoms with E-state index in [-0.39, 0.29) is 5.75 Å². The SMILES string of the molecule is C/C(=N\NC(=O)COc1ccc(F)cc1F)c1ccc(OCc2ccc(Cl)cc2)cc1. The van der Waals surface area contributed by atoms with E-state index in [0.29, 0.717) is 29.2 Å². The van der Waals surface area contributed by atoms with Crippen LogP contribution in [0.5, 0.6) is 11.5 Å². The van der Waals surface area contributed by atoms with Crippen molar-refractivity contribution in [2.24, 2.45) is 5.10 Å². The zero-order valence-electron chi connectivity index (χ0n) is 16.6. The molecule has 8 heteroatoms. The summed E-state index contributed by atoms with van der Waals surface area (Å²) in [5, 5.41) is 4.68. The Bertz CT molecular complexity index is 1070. The number of nitrogens with zero attached hydrogens (tertiary/aromatic N) is 1. The minimum Gasteiger partial charge on any atom is -0.489 e. The third-order valence-corrected chi connectivity index (χ3v) is 4.44. The number of hydrogen-bond donors (Lipinski definition) is 1. The van der Waals surface area contributed by atoms with Gasteiger partial charge in [-0.05, 0) is 66.6 Å². The van der Waals surface area contributed by atoms with E-state index in [4.69, 9.17) is 21.1 Å². The number of nitrogens with one attached hydrogen (secondary N) is 1. The first-order valence-electron chi connectivity index (χ1n) is 9.29. The zero-order chi connectivity index (χ0) is 22.2. The van der Waals surface area contributed by atoms with E-state index in [0.717, 1.165) is 23.3 Å². The van der Waals surface area contributed by atoms with Crippen molar-refractivity contribution >= 4 is 23.2 Å². The Morgan fingerprint density at radius 1 is 1.00 bits per heavy atom. The van der Waals surface area contributed by atoms with Crippen LogP contribution >= 0.6 is 11.6 Å². The third kappa shape index (κ3) is 6.79. The predicted octanol–water partition coefficient (Wildman–Crippen LogP) is 5.12. The van der Waals surface area contributed by atoms with Gasteiger partial charge in [0.15, 0.2) is 18.2 Å². The standard InChI is InChI=1S/C23H19ClF2N2O3/c1-15(27-28-23(29)14-31-22-11-8-19(25)12-21(22)26)17-4-9-20(10-5-17)30-13-16-2-6-18(24)7-3-16/h2-12H,13-14H2,1H3,(H,28,29)/b27-15+. The summed E-state index contributed by atoms with van der Waals surface area (Å²) in [7, 11) is 0. The number of halogens is 3. The van der Waals surface area contributed by atoms with E-state index in [9.17, 15) is 13.6 Å². The normalized spacial score (nSPS) is 11.2. The summed E-state index contributed by atoms with van der Waals surface area (Å²) in [4.78, 5) is 11.9. The Morgan fingerprint density at radius 3 is 2.39 bits per heavy atom. The van der Waals surface area contributed by atoms with Gasteiger partial charge in [0.1, 0.15) is 18.2 Å². The molecule has 0 fully saturated rings. The van der Waals surface area contributed by atoms with Gasteiger partial charge in [0.25, 0.3) is 5.91 Å². The lowest BCUT2D eigenvalue weighted by Gasteiger charge is -2.08. The van der Waals surface area contributed by atoms with Gasteiger partial charge in [0, 0.05) is 11.1 Å². The molecule has 0 aromatic heterocycles. The van der Waals surface area contributed by atoms with Crippen LogP contribution in [0.25, 0.3) is 0 Å². The molecule has 1 N–H and O–H groups in total. The number of benzene rings is 3. The highest BCUT2D eigenvalue weighted by Crippen LogP contribution is 2.18. The van der Waals surface area contributed by atoms with Gasteiger partial charge in [0.05, 0.1) is 5.71 Å². The summed E-state index contributed by atoms with van der Waals surface area (Å²) in [6.07, 6.45) is 0. The van der Waals surface area contributed by atoms with Gasteiger partial charge in [-0.1, -0.05) is 23.7 Å². The lowest BCUT2D eigenvalue weighted by atomic mass is 10.1. The summed E-state index contributed by atoms with van der Waals surface area (Å²) < 4.78 is 37.1. The van der Waals surface area contributed by atoms with Crippen LogP contribution in [-0.2, 0) is 11.4 Å². The number of rotatable bonds is 8. The molecule has 0 aliphatic heterocycles. The van der Waals surface area contributed by atoms with Crippen molar-refractivity contribution in [3.8, 4) is 11.5 Å². The molecule has 0 unspecified atom stereocenters. The summed E-state index contributed by atoms with van der Waals surface area (Å²) in [6, 6.07) is 17.5. The monoisotopic (exact) mass is 444 g/mol. The van der Waals surface area contributed by atoms with Crippen LogP contribution in [0.2, 0.25) is 5.02 Å². The van der Waals surface area contributed by atoms with E-state index in [1.165, 1.54) is 0 Å². The van der Waals surface area contributed by atoms with Crippen LogP contribution in [0.1, 0.15) is 18.1 Å². The first kappa shape index (κ1) is 22.2. The maximum absolute atomic E-state index is 13.5. The summed E-state index contributed by atoms with van der Waals surface area (Å²) in [5.41, 5.74) is 4.67. The molecule has 0 saturated heterocycles. The van der Waals surface area contributed by atoms with Crippen LogP contribution in [0.15, 0.2) is 71.8 Å². The second-order valence-corrected chi connectivity index (χ2v) is 6.97. The number of carbonyl (C=O) groups is 1. The molecule has 0 bridgehead atoms. The smallest absolute Gasteiger partial charge is 0.277 e. The maximum Gasteiger partial charge on any atom is 0.277 e. The molecule has 5 nitrogen and oxygen atoms in total. The summed E-state index contributed by atoms with van der Waals surface area (Å²) in [5.74, 6) is -1.72. The number of ether oxygens (including phenoxy) is 2. The van der Waals surface area contributed by atoms with Crippen LogP contribution in [0, 0.1) is 11.6 Å². The van der Waals surface area contributed by atoms with Crippen molar-refractivity contribution in [3.05, 3.63) is 94.5 Å². The van der Waals surface area contributed by atoms with E-state index < -0.39 is 24.1 Å². The molecule has 0 atom stereocenters. The highest BCUT2D eigenvalue weighted by Gasteiger charge is 2.08. The van der Waals surface area contributed by atoms with Gasteiger partial charge in [-0.3, -0.25) is 4.79 Å². The minimum absolute atomic E-state index is 0.216. The van der Waals surface area contributed by atoms with Gasteiger partial charge in [-0.25, -0.2) is 14.2 Å². The molecule has 0 saturated carbocycles. The largest absolute Gasteiger partial charge is 0.489 e. The number of hydrogen-bond acceptors (Lipinski definition) is 4. The second kappa shape index (κ2) is 10.5. The summed E-state index contributed by atoms with van der Waals surface area (Å²) >= 11 is 5.87. The van der Waals surface area contributed by atoms with E-state index >= 15 is 0 Å². The molecule has 160 valence electrons. The Labute approximate surface area is 183 Å². The maximum atomic E-state index is 13.5.